The van der Waals surface area contributed by atoms with Crippen LogP contribution in [0.1, 0.15) is 28.9 Å². The van der Waals surface area contributed by atoms with Crippen LogP contribution in [0.5, 0.6) is 0 Å². The van der Waals surface area contributed by atoms with Gasteiger partial charge in [-0.25, -0.2) is 9.07 Å². The van der Waals surface area contributed by atoms with Gasteiger partial charge in [0.25, 0.3) is 5.91 Å². The fraction of sp³-hybridized carbons (Fsp3) is 0.353. The van der Waals surface area contributed by atoms with Crippen LogP contribution in [0.2, 0.25) is 0 Å². The lowest BCUT2D eigenvalue weighted by Crippen LogP contribution is -2.42. The number of carbonyl (C=O) groups is 2. The summed E-state index contributed by atoms with van der Waals surface area (Å²) in [4.78, 5) is 25.4. The van der Waals surface area contributed by atoms with Crippen LogP contribution in [-0.4, -0.2) is 44.8 Å². The second-order valence-electron chi connectivity index (χ2n) is 5.96. The molecule has 1 amide bonds. The lowest BCUT2D eigenvalue weighted by molar-refractivity contribution is -0.143. The summed E-state index contributed by atoms with van der Waals surface area (Å²) in [5.41, 5.74) is 1.74. The Hall–Kier alpha value is -2.70. The van der Waals surface area contributed by atoms with Crippen LogP contribution in [0, 0.1) is 18.7 Å². The number of benzene rings is 1. The second kappa shape index (κ2) is 6.43. The Morgan fingerprint density at radius 1 is 1.29 bits per heavy atom. The molecule has 1 N–H and O–H groups in total. The van der Waals surface area contributed by atoms with Gasteiger partial charge in [-0.15, -0.1) is 0 Å². The first kappa shape index (κ1) is 16.2. The van der Waals surface area contributed by atoms with Crippen molar-refractivity contribution >= 4 is 11.9 Å². The molecule has 0 bridgehead atoms. The van der Waals surface area contributed by atoms with Crippen LogP contribution in [-0.2, 0) is 4.79 Å². The van der Waals surface area contributed by atoms with Crippen LogP contribution in [0.25, 0.3) is 5.69 Å². The fourth-order valence-electron chi connectivity index (χ4n) is 3.00. The van der Waals surface area contributed by atoms with E-state index in [4.69, 9.17) is 5.11 Å². The molecular weight excluding hydrogens is 313 g/mol. The standard InChI is InChI=1S/C17H18FN3O3/c1-11-15(9-19-21(11)14-6-4-13(18)5-7-14)16(22)20-8-2-3-12(10-20)17(23)24/h4-7,9,12H,2-3,8,10H2,1H3,(H,23,24). The average Bonchev–Trinajstić information content (AvgIpc) is 2.96. The summed E-state index contributed by atoms with van der Waals surface area (Å²) in [6, 6.07) is 5.84. The highest BCUT2D eigenvalue weighted by molar-refractivity contribution is 5.95. The number of halogens is 1. The van der Waals surface area contributed by atoms with Gasteiger partial charge in [-0.2, -0.15) is 5.10 Å². The van der Waals surface area contributed by atoms with Crippen molar-refractivity contribution in [1.82, 2.24) is 14.7 Å². The molecule has 1 aliphatic rings. The summed E-state index contributed by atoms with van der Waals surface area (Å²) < 4.78 is 14.6. The molecule has 24 heavy (non-hydrogen) atoms. The zero-order valence-corrected chi connectivity index (χ0v) is 13.3. The first-order valence-corrected chi connectivity index (χ1v) is 7.80. The molecule has 0 aliphatic carbocycles. The Morgan fingerprint density at radius 3 is 2.67 bits per heavy atom. The molecule has 0 saturated carbocycles. The van der Waals surface area contributed by atoms with Gasteiger partial charge < -0.3 is 10.0 Å². The van der Waals surface area contributed by atoms with Crippen molar-refractivity contribution in [3.05, 3.63) is 47.5 Å². The van der Waals surface area contributed by atoms with Gasteiger partial charge in [-0.05, 0) is 44.0 Å². The molecule has 0 spiro atoms. The summed E-state index contributed by atoms with van der Waals surface area (Å²) in [7, 11) is 0. The first-order chi connectivity index (χ1) is 11.5. The summed E-state index contributed by atoms with van der Waals surface area (Å²) in [6.45, 7) is 2.53. The van der Waals surface area contributed by atoms with Crippen LogP contribution < -0.4 is 0 Å². The maximum absolute atomic E-state index is 13.0. The molecular formula is C17H18FN3O3. The Balaban J connectivity index is 1.83. The van der Waals surface area contributed by atoms with E-state index in [-0.39, 0.29) is 18.3 Å². The zero-order chi connectivity index (χ0) is 17.3. The number of aliphatic carboxylic acids is 1. The van der Waals surface area contributed by atoms with E-state index < -0.39 is 11.9 Å². The molecule has 3 rings (SSSR count). The van der Waals surface area contributed by atoms with E-state index in [9.17, 15) is 14.0 Å². The average molecular weight is 331 g/mol. The van der Waals surface area contributed by atoms with Crippen LogP contribution in [0.3, 0.4) is 0 Å². The fourth-order valence-corrected chi connectivity index (χ4v) is 3.00. The van der Waals surface area contributed by atoms with Crippen molar-refractivity contribution in [2.24, 2.45) is 5.92 Å². The molecule has 1 aromatic heterocycles. The third-order valence-corrected chi connectivity index (χ3v) is 4.37. The summed E-state index contributed by atoms with van der Waals surface area (Å²) in [5, 5.41) is 13.4. The Morgan fingerprint density at radius 2 is 2.00 bits per heavy atom. The maximum Gasteiger partial charge on any atom is 0.308 e. The first-order valence-electron chi connectivity index (χ1n) is 7.80. The Labute approximate surface area is 138 Å². The van der Waals surface area contributed by atoms with E-state index in [2.05, 4.69) is 5.10 Å². The maximum atomic E-state index is 13.0. The van der Waals surface area contributed by atoms with Gasteiger partial charge in [0.1, 0.15) is 5.82 Å². The van der Waals surface area contributed by atoms with Gasteiger partial charge in [-0.3, -0.25) is 9.59 Å². The van der Waals surface area contributed by atoms with Gasteiger partial charge in [0.05, 0.1) is 29.1 Å². The van der Waals surface area contributed by atoms with Crippen LogP contribution in [0.15, 0.2) is 30.5 Å². The predicted octanol–water partition coefficient (Wildman–Crippen LogP) is 2.26. The smallest absolute Gasteiger partial charge is 0.308 e. The van der Waals surface area contributed by atoms with Gasteiger partial charge >= 0.3 is 5.97 Å². The quantitative estimate of drug-likeness (QED) is 0.936. The van der Waals surface area contributed by atoms with E-state index in [0.717, 1.165) is 0 Å². The number of likely N-dealkylation sites (tertiary alicyclic amines) is 1. The number of amides is 1. The summed E-state index contributed by atoms with van der Waals surface area (Å²) in [6.07, 6.45) is 2.74. The topological polar surface area (TPSA) is 75.4 Å². The zero-order valence-electron chi connectivity index (χ0n) is 13.3. The molecule has 2 heterocycles. The van der Waals surface area contributed by atoms with Crippen LogP contribution in [0.4, 0.5) is 4.39 Å². The number of carbonyl (C=O) groups excluding carboxylic acids is 1. The molecule has 1 aromatic carbocycles. The third-order valence-electron chi connectivity index (χ3n) is 4.37. The summed E-state index contributed by atoms with van der Waals surface area (Å²) >= 11 is 0. The van der Waals surface area contributed by atoms with Gasteiger partial charge in [0.15, 0.2) is 0 Å². The number of aromatic nitrogens is 2. The number of nitrogens with zero attached hydrogens (tertiary/aromatic N) is 3. The SMILES string of the molecule is Cc1c(C(=O)N2CCCC(C(=O)O)C2)cnn1-c1ccc(F)cc1. The van der Waals surface area contributed by atoms with Crippen LogP contribution >= 0.6 is 0 Å². The number of hydrogen-bond acceptors (Lipinski definition) is 3. The van der Waals surface area contributed by atoms with Crippen molar-refractivity contribution in [2.75, 3.05) is 13.1 Å². The predicted molar refractivity (Wildman–Crippen MR) is 84.5 cm³/mol. The molecule has 1 atom stereocenters. The molecule has 6 nitrogen and oxygen atoms in total. The molecule has 0 radical (unpaired) electrons. The molecule has 1 unspecified atom stereocenters. The van der Waals surface area contributed by atoms with Gasteiger partial charge in [0, 0.05) is 13.1 Å². The largest absolute Gasteiger partial charge is 0.481 e. The number of piperidine rings is 1. The minimum atomic E-state index is -0.869. The molecule has 1 fully saturated rings. The minimum Gasteiger partial charge on any atom is -0.481 e. The highest BCUT2D eigenvalue weighted by atomic mass is 19.1. The van der Waals surface area contributed by atoms with E-state index >= 15 is 0 Å². The number of carboxylic acids is 1. The van der Waals surface area contributed by atoms with E-state index in [1.54, 1.807) is 28.6 Å². The number of carboxylic acid groups (broad SMARTS) is 1. The molecule has 1 aliphatic heterocycles. The lowest BCUT2D eigenvalue weighted by atomic mass is 9.98. The molecule has 7 heteroatoms. The van der Waals surface area contributed by atoms with Crippen molar-refractivity contribution in [1.29, 1.82) is 0 Å². The molecule has 1 saturated heterocycles. The van der Waals surface area contributed by atoms with Gasteiger partial charge in [0.2, 0.25) is 0 Å². The Kier molecular flexibility index (Phi) is 4.33. The minimum absolute atomic E-state index is 0.216. The molecule has 126 valence electrons. The van der Waals surface area contributed by atoms with Crippen molar-refractivity contribution < 1.29 is 19.1 Å². The van der Waals surface area contributed by atoms with E-state index in [1.165, 1.54) is 18.3 Å². The van der Waals surface area contributed by atoms with Crippen molar-refractivity contribution in [2.45, 2.75) is 19.8 Å². The van der Waals surface area contributed by atoms with E-state index in [1.807, 2.05) is 0 Å². The highest BCUT2D eigenvalue weighted by Crippen LogP contribution is 2.21. The Bertz CT molecular complexity index is 770. The molecule has 2 aromatic rings. The normalized spacial score (nSPS) is 17.8. The third kappa shape index (κ3) is 3.02. The monoisotopic (exact) mass is 331 g/mol. The number of rotatable bonds is 3. The van der Waals surface area contributed by atoms with Gasteiger partial charge in [-0.1, -0.05) is 0 Å². The van der Waals surface area contributed by atoms with E-state index in [0.29, 0.717) is 36.3 Å². The number of hydrogen-bond donors (Lipinski definition) is 1. The lowest BCUT2D eigenvalue weighted by Gasteiger charge is -2.30. The second-order valence-corrected chi connectivity index (χ2v) is 5.96. The highest BCUT2D eigenvalue weighted by Gasteiger charge is 2.30. The summed E-state index contributed by atoms with van der Waals surface area (Å²) in [5.74, 6) is -1.94. The van der Waals surface area contributed by atoms with Crippen molar-refractivity contribution in [3.63, 3.8) is 0 Å². The van der Waals surface area contributed by atoms with Crippen molar-refractivity contribution in [3.8, 4) is 5.69 Å².